The monoisotopic (exact) mass is 504 g/mol. The molecule has 0 unspecified atom stereocenters. The fourth-order valence-corrected chi connectivity index (χ4v) is 5.85. The molecule has 1 heterocycles. The number of aliphatic hydroxyl groups is 1. The number of esters is 1. The lowest BCUT2D eigenvalue weighted by Crippen LogP contribution is -2.52. The van der Waals surface area contributed by atoms with Crippen molar-refractivity contribution in [2.45, 2.75) is 59.5 Å². The predicted octanol–water partition coefficient (Wildman–Crippen LogP) is 4.21. The molecule has 2 aliphatic rings. The number of aryl methyl sites for hydroxylation is 1. The molecule has 0 spiro atoms. The minimum Gasteiger partial charge on any atom is -0.466 e. The van der Waals surface area contributed by atoms with Crippen LogP contribution in [-0.4, -0.2) is 53.1 Å². The van der Waals surface area contributed by atoms with Gasteiger partial charge < -0.3 is 20.1 Å². The Morgan fingerprint density at radius 1 is 1.23 bits per heavy atom. The van der Waals surface area contributed by atoms with Crippen molar-refractivity contribution in [1.29, 1.82) is 0 Å². The van der Waals surface area contributed by atoms with E-state index in [0.717, 1.165) is 18.4 Å². The second kappa shape index (κ2) is 11.6. The van der Waals surface area contributed by atoms with Gasteiger partial charge >= 0.3 is 5.97 Å². The zero-order valence-electron chi connectivity index (χ0n) is 21.2. The Hall–Kier alpha value is -2.38. The SMILES string of the molecule is CCC[C@@H]1C=C[C@H]2[C@@H](C(=O)N([C@@H](CO)C(C)C)[C@@H]2C(=O)Nc2c(C)cccc2Cl)[C@@H]1C(=O)OCC. The number of fused-ring (bicyclic) bond motifs is 1. The van der Waals surface area contributed by atoms with Crippen LogP contribution in [0.25, 0.3) is 0 Å². The highest BCUT2D eigenvalue weighted by atomic mass is 35.5. The normalized spacial score (nSPS) is 26.6. The summed E-state index contributed by atoms with van der Waals surface area (Å²) in [5.74, 6) is -3.27. The average molecular weight is 505 g/mol. The molecule has 0 radical (unpaired) electrons. The molecule has 1 aliphatic carbocycles. The number of hydrogen-bond acceptors (Lipinski definition) is 5. The molecule has 2 amide bonds. The number of anilines is 1. The summed E-state index contributed by atoms with van der Waals surface area (Å²) in [6.07, 6.45) is 5.46. The largest absolute Gasteiger partial charge is 0.466 e. The molecule has 1 fully saturated rings. The Morgan fingerprint density at radius 3 is 2.51 bits per heavy atom. The molecule has 1 saturated heterocycles. The third kappa shape index (κ3) is 5.26. The molecule has 192 valence electrons. The van der Waals surface area contributed by atoms with E-state index in [0.29, 0.717) is 10.7 Å². The van der Waals surface area contributed by atoms with Crippen molar-refractivity contribution in [3.05, 3.63) is 40.9 Å². The van der Waals surface area contributed by atoms with Crippen molar-refractivity contribution in [2.75, 3.05) is 18.5 Å². The van der Waals surface area contributed by atoms with E-state index in [2.05, 4.69) is 5.32 Å². The molecule has 7 nitrogen and oxygen atoms in total. The van der Waals surface area contributed by atoms with Crippen LogP contribution < -0.4 is 5.32 Å². The molecule has 1 aromatic carbocycles. The first-order chi connectivity index (χ1) is 16.7. The van der Waals surface area contributed by atoms with Gasteiger partial charge in [0.2, 0.25) is 11.8 Å². The van der Waals surface area contributed by atoms with Crippen molar-refractivity contribution in [2.24, 2.45) is 29.6 Å². The van der Waals surface area contributed by atoms with E-state index in [9.17, 15) is 19.5 Å². The summed E-state index contributed by atoms with van der Waals surface area (Å²) in [5, 5.41) is 13.6. The number of para-hydroxylation sites is 1. The van der Waals surface area contributed by atoms with Gasteiger partial charge in [-0.1, -0.05) is 63.1 Å². The number of amides is 2. The molecule has 2 N–H and O–H groups in total. The number of hydrogen-bond donors (Lipinski definition) is 2. The van der Waals surface area contributed by atoms with Gasteiger partial charge in [-0.05, 0) is 43.7 Å². The van der Waals surface area contributed by atoms with Gasteiger partial charge in [0.15, 0.2) is 0 Å². The van der Waals surface area contributed by atoms with Crippen molar-refractivity contribution >= 4 is 35.1 Å². The van der Waals surface area contributed by atoms with E-state index >= 15 is 0 Å². The van der Waals surface area contributed by atoms with Crippen LogP contribution in [0.5, 0.6) is 0 Å². The molecule has 0 aromatic heterocycles. The Balaban J connectivity index is 2.09. The van der Waals surface area contributed by atoms with Crippen LogP contribution in [0.15, 0.2) is 30.4 Å². The zero-order chi connectivity index (χ0) is 25.9. The summed E-state index contributed by atoms with van der Waals surface area (Å²) >= 11 is 6.37. The minimum atomic E-state index is -0.890. The van der Waals surface area contributed by atoms with E-state index in [1.54, 1.807) is 19.1 Å². The van der Waals surface area contributed by atoms with E-state index in [1.807, 2.05) is 45.9 Å². The fraction of sp³-hybridized carbons (Fsp3) is 0.593. The second-order valence-electron chi connectivity index (χ2n) is 9.82. The third-order valence-corrected chi connectivity index (χ3v) is 7.60. The topological polar surface area (TPSA) is 95.9 Å². The Kier molecular flexibility index (Phi) is 9.00. The summed E-state index contributed by atoms with van der Waals surface area (Å²) in [5.41, 5.74) is 1.29. The maximum Gasteiger partial charge on any atom is 0.310 e. The summed E-state index contributed by atoms with van der Waals surface area (Å²) in [7, 11) is 0. The molecule has 3 rings (SSSR count). The van der Waals surface area contributed by atoms with Crippen LogP contribution in [0.2, 0.25) is 5.02 Å². The number of aliphatic hydroxyl groups excluding tert-OH is 1. The number of benzene rings is 1. The number of ether oxygens (including phenoxy) is 1. The van der Waals surface area contributed by atoms with Gasteiger partial charge in [0.1, 0.15) is 6.04 Å². The molecule has 1 aliphatic heterocycles. The van der Waals surface area contributed by atoms with Crippen molar-refractivity contribution in [3.63, 3.8) is 0 Å². The lowest BCUT2D eigenvalue weighted by Gasteiger charge is -2.35. The number of allylic oxidation sites excluding steroid dienone is 1. The van der Waals surface area contributed by atoms with Gasteiger partial charge in [-0.2, -0.15) is 0 Å². The van der Waals surface area contributed by atoms with E-state index in [4.69, 9.17) is 16.3 Å². The number of likely N-dealkylation sites (tertiary alicyclic amines) is 1. The van der Waals surface area contributed by atoms with E-state index < -0.39 is 35.8 Å². The third-order valence-electron chi connectivity index (χ3n) is 7.28. The Morgan fingerprint density at radius 2 is 1.94 bits per heavy atom. The van der Waals surface area contributed by atoms with E-state index in [-0.39, 0.29) is 36.9 Å². The molecule has 8 heteroatoms. The van der Waals surface area contributed by atoms with Crippen molar-refractivity contribution in [1.82, 2.24) is 4.90 Å². The van der Waals surface area contributed by atoms with Gasteiger partial charge in [-0.15, -0.1) is 0 Å². The van der Waals surface area contributed by atoms with Crippen LogP contribution in [0, 0.1) is 36.5 Å². The molecule has 6 atom stereocenters. The first-order valence-electron chi connectivity index (χ1n) is 12.5. The summed E-state index contributed by atoms with van der Waals surface area (Å²) in [6.45, 7) is 9.36. The van der Waals surface area contributed by atoms with E-state index in [1.165, 1.54) is 4.90 Å². The lowest BCUT2D eigenvalue weighted by atomic mass is 9.69. The molecule has 0 saturated carbocycles. The number of carbonyl (C=O) groups is 3. The van der Waals surface area contributed by atoms with Crippen LogP contribution in [-0.2, 0) is 19.1 Å². The standard InChI is InChI=1S/C27H37ClN2O5/c1-6-9-17-12-13-18-22(21(17)27(34)35-7-2)26(33)30(20(14-31)15(3)4)24(18)25(32)29-23-16(5)10-8-11-19(23)28/h8,10-13,15,17-18,20-22,24,31H,6-7,9,14H2,1-5H3,(H,29,32)/t17-,18+,20+,21-,22-,24+/m1/s1. The number of carbonyl (C=O) groups excluding carboxylic acids is 3. The second-order valence-corrected chi connectivity index (χ2v) is 10.2. The number of nitrogens with one attached hydrogen (secondary N) is 1. The van der Waals surface area contributed by atoms with Gasteiger partial charge in [0.05, 0.1) is 41.8 Å². The van der Waals surface area contributed by atoms with Gasteiger partial charge in [-0.25, -0.2) is 0 Å². The summed E-state index contributed by atoms with van der Waals surface area (Å²) < 4.78 is 5.40. The van der Waals surface area contributed by atoms with Gasteiger partial charge in [0, 0.05) is 5.92 Å². The molecule has 1 aromatic rings. The fourth-order valence-electron chi connectivity index (χ4n) is 5.58. The van der Waals surface area contributed by atoms with Gasteiger partial charge in [-0.3, -0.25) is 14.4 Å². The van der Waals surface area contributed by atoms with Crippen LogP contribution in [0.3, 0.4) is 0 Å². The molecular weight excluding hydrogens is 468 g/mol. The smallest absolute Gasteiger partial charge is 0.310 e. The predicted molar refractivity (Wildman–Crippen MR) is 136 cm³/mol. The molecule has 0 bridgehead atoms. The first-order valence-corrected chi connectivity index (χ1v) is 12.9. The Bertz CT molecular complexity index is 958. The maximum atomic E-state index is 14.0. The molecular formula is C27H37ClN2O5. The van der Waals surface area contributed by atoms with Gasteiger partial charge in [0.25, 0.3) is 0 Å². The number of rotatable bonds is 9. The van der Waals surface area contributed by atoms with Crippen molar-refractivity contribution in [3.8, 4) is 0 Å². The minimum absolute atomic E-state index is 0.0992. The number of halogens is 1. The summed E-state index contributed by atoms with van der Waals surface area (Å²) in [6, 6.07) is 3.88. The quantitative estimate of drug-likeness (QED) is 0.388. The van der Waals surface area contributed by atoms with Crippen LogP contribution >= 0.6 is 11.6 Å². The zero-order valence-corrected chi connectivity index (χ0v) is 21.9. The first kappa shape index (κ1) is 27.2. The maximum absolute atomic E-state index is 14.0. The molecule has 35 heavy (non-hydrogen) atoms. The Labute approximate surface area is 212 Å². The number of nitrogens with zero attached hydrogens (tertiary/aromatic N) is 1. The highest BCUT2D eigenvalue weighted by Gasteiger charge is 2.59. The lowest BCUT2D eigenvalue weighted by molar-refractivity contribution is -0.156. The highest BCUT2D eigenvalue weighted by molar-refractivity contribution is 6.34. The summed E-state index contributed by atoms with van der Waals surface area (Å²) in [4.78, 5) is 42.4. The van der Waals surface area contributed by atoms with Crippen molar-refractivity contribution < 1.29 is 24.2 Å². The average Bonchev–Trinajstić information content (AvgIpc) is 3.09. The highest BCUT2D eigenvalue weighted by Crippen LogP contribution is 2.47. The van der Waals surface area contributed by atoms with Crippen LogP contribution in [0.4, 0.5) is 5.69 Å². The van der Waals surface area contributed by atoms with Crippen LogP contribution in [0.1, 0.15) is 46.1 Å².